The molecule has 1 aliphatic rings. The molecule has 1 aliphatic carbocycles. The fourth-order valence-corrected chi connectivity index (χ4v) is 5.60. The predicted octanol–water partition coefficient (Wildman–Crippen LogP) is 3.94. The first-order chi connectivity index (χ1) is 16.6. The molecule has 0 heterocycles. The molecule has 2 amide bonds. The lowest BCUT2D eigenvalue weighted by Crippen LogP contribution is -2.53. The molecule has 1 saturated carbocycles. The molecule has 0 unspecified atom stereocenters. The molecule has 0 aliphatic heterocycles. The van der Waals surface area contributed by atoms with Gasteiger partial charge in [-0.25, -0.2) is 8.42 Å². The minimum atomic E-state index is -3.74. The third-order valence-electron chi connectivity index (χ3n) is 6.75. The fourth-order valence-electron chi connectivity index (χ4n) is 4.70. The molecule has 0 spiro atoms. The van der Waals surface area contributed by atoms with Gasteiger partial charge in [-0.3, -0.25) is 13.9 Å². The topological polar surface area (TPSA) is 86.8 Å². The molecule has 0 radical (unpaired) electrons. The molecule has 1 fully saturated rings. The lowest BCUT2D eigenvalue weighted by molar-refractivity contribution is -0.140. The normalized spacial score (nSPS) is 15.0. The summed E-state index contributed by atoms with van der Waals surface area (Å²) < 4.78 is 26.6. The number of benzene rings is 2. The molecule has 8 heteroatoms. The molecule has 0 saturated heterocycles. The van der Waals surface area contributed by atoms with Crippen molar-refractivity contribution in [3.8, 4) is 0 Å². The Bertz CT molecular complexity index is 1140. The lowest BCUT2D eigenvalue weighted by Gasteiger charge is -2.34. The number of aryl methyl sites for hydroxylation is 2. The van der Waals surface area contributed by atoms with E-state index in [4.69, 9.17) is 0 Å². The van der Waals surface area contributed by atoms with Gasteiger partial charge in [0.15, 0.2) is 0 Å². The molecular formula is C27H37N3O4S. The highest BCUT2D eigenvalue weighted by atomic mass is 32.2. The number of nitrogens with one attached hydrogen (secondary N) is 1. The zero-order valence-electron chi connectivity index (χ0n) is 21.2. The van der Waals surface area contributed by atoms with Gasteiger partial charge in [0.05, 0.1) is 11.9 Å². The number of rotatable bonds is 10. The van der Waals surface area contributed by atoms with E-state index in [1.54, 1.807) is 17.0 Å². The van der Waals surface area contributed by atoms with Crippen molar-refractivity contribution in [2.75, 3.05) is 17.1 Å². The van der Waals surface area contributed by atoms with E-state index in [9.17, 15) is 18.0 Å². The summed E-state index contributed by atoms with van der Waals surface area (Å²) in [6, 6.07) is 14.3. The number of carbonyl (C=O) groups is 2. The summed E-state index contributed by atoms with van der Waals surface area (Å²) in [5.41, 5.74) is 3.15. The fraction of sp³-hybridized carbons (Fsp3) is 0.481. The third-order valence-corrected chi connectivity index (χ3v) is 7.88. The average Bonchev–Trinajstić information content (AvgIpc) is 3.31. The minimum absolute atomic E-state index is 0.131. The van der Waals surface area contributed by atoms with E-state index < -0.39 is 22.0 Å². The van der Waals surface area contributed by atoms with Crippen LogP contribution >= 0.6 is 0 Å². The molecule has 1 N–H and O–H groups in total. The van der Waals surface area contributed by atoms with E-state index in [0.717, 1.165) is 52.9 Å². The van der Waals surface area contributed by atoms with Crippen molar-refractivity contribution in [1.82, 2.24) is 10.2 Å². The maximum atomic E-state index is 13.8. The van der Waals surface area contributed by atoms with Crippen LogP contribution in [0.2, 0.25) is 0 Å². The summed E-state index contributed by atoms with van der Waals surface area (Å²) in [5, 5.41) is 3.13. The minimum Gasteiger partial charge on any atom is -0.352 e. The monoisotopic (exact) mass is 499 g/mol. The predicted molar refractivity (Wildman–Crippen MR) is 140 cm³/mol. The van der Waals surface area contributed by atoms with E-state index >= 15 is 0 Å². The maximum Gasteiger partial charge on any atom is 0.244 e. The molecule has 0 bridgehead atoms. The average molecular weight is 500 g/mol. The zero-order valence-corrected chi connectivity index (χ0v) is 22.0. The Balaban J connectivity index is 1.94. The van der Waals surface area contributed by atoms with Gasteiger partial charge in [0.2, 0.25) is 21.8 Å². The molecular weight excluding hydrogens is 462 g/mol. The summed E-state index contributed by atoms with van der Waals surface area (Å²) in [7, 11) is -3.74. The molecule has 2 aromatic rings. The van der Waals surface area contributed by atoms with Crippen LogP contribution in [0.15, 0.2) is 48.5 Å². The number of nitrogens with zero attached hydrogens (tertiary/aromatic N) is 2. The molecule has 35 heavy (non-hydrogen) atoms. The summed E-state index contributed by atoms with van der Waals surface area (Å²) >= 11 is 0. The Morgan fingerprint density at radius 3 is 2.17 bits per heavy atom. The van der Waals surface area contributed by atoms with Gasteiger partial charge in [-0.1, -0.05) is 62.2 Å². The van der Waals surface area contributed by atoms with Gasteiger partial charge < -0.3 is 10.2 Å². The van der Waals surface area contributed by atoms with Crippen molar-refractivity contribution in [1.29, 1.82) is 0 Å². The van der Waals surface area contributed by atoms with Crippen LogP contribution in [-0.4, -0.2) is 50.0 Å². The van der Waals surface area contributed by atoms with Gasteiger partial charge in [0.25, 0.3) is 0 Å². The molecule has 1 atom stereocenters. The van der Waals surface area contributed by atoms with Crippen LogP contribution in [-0.2, 0) is 26.2 Å². The van der Waals surface area contributed by atoms with Crippen LogP contribution in [0.5, 0.6) is 0 Å². The van der Waals surface area contributed by atoms with Crippen molar-refractivity contribution < 1.29 is 18.0 Å². The first-order valence-electron chi connectivity index (χ1n) is 12.3. The lowest BCUT2D eigenvalue weighted by atomic mass is 10.1. The summed E-state index contributed by atoms with van der Waals surface area (Å²) in [4.78, 5) is 28.6. The molecule has 7 nitrogen and oxygen atoms in total. The van der Waals surface area contributed by atoms with E-state index in [-0.39, 0.29) is 25.0 Å². The second-order valence-electron chi connectivity index (χ2n) is 9.42. The standard InChI is InChI=1S/C27H37N3O4S/c1-5-24(27(32)28-23-15-9-10-16-23)29(18-22-14-8-6-12-20(22)2)26(31)19-30(35(4,33)34)25-17-11-7-13-21(25)3/h6-8,11-14,17,23-24H,5,9-10,15-16,18-19H2,1-4H3,(H,28,32)/t24-/m1/s1. The van der Waals surface area contributed by atoms with Gasteiger partial charge >= 0.3 is 0 Å². The van der Waals surface area contributed by atoms with Crippen molar-refractivity contribution in [2.45, 2.75) is 71.5 Å². The second-order valence-corrected chi connectivity index (χ2v) is 11.3. The number of hydrogen-bond donors (Lipinski definition) is 1. The summed E-state index contributed by atoms with van der Waals surface area (Å²) in [6.45, 7) is 5.52. The Morgan fingerprint density at radius 2 is 1.60 bits per heavy atom. The van der Waals surface area contributed by atoms with Gasteiger partial charge in [-0.05, 0) is 55.9 Å². The zero-order chi connectivity index (χ0) is 25.6. The highest BCUT2D eigenvalue weighted by molar-refractivity contribution is 7.92. The highest BCUT2D eigenvalue weighted by Gasteiger charge is 2.33. The Kier molecular flexibility index (Phi) is 8.94. The Hall–Kier alpha value is -2.87. The Morgan fingerprint density at radius 1 is 1.00 bits per heavy atom. The quantitative estimate of drug-likeness (QED) is 0.537. The third kappa shape index (κ3) is 6.84. The smallest absolute Gasteiger partial charge is 0.244 e. The molecule has 3 rings (SSSR count). The molecule has 190 valence electrons. The van der Waals surface area contributed by atoms with Crippen LogP contribution in [0.3, 0.4) is 0 Å². The van der Waals surface area contributed by atoms with Crippen LogP contribution in [0.25, 0.3) is 0 Å². The number of para-hydroxylation sites is 1. The van der Waals surface area contributed by atoms with Crippen molar-refractivity contribution in [2.24, 2.45) is 0 Å². The van der Waals surface area contributed by atoms with Gasteiger partial charge in [0.1, 0.15) is 12.6 Å². The van der Waals surface area contributed by atoms with Crippen molar-refractivity contribution in [3.63, 3.8) is 0 Å². The highest BCUT2D eigenvalue weighted by Crippen LogP contribution is 2.24. The van der Waals surface area contributed by atoms with Gasteiger partial charge in [0, 0.05) is 12.6 Å². The SMILES string of the molecule is CC[C@H](C(=O)NC1CCCC1)N(Cc1ccccc1C)C(=O)CN(c1ccccc1C)S(C)(=O)=O. The summed E-state index contributed by atoms with van der Waals surface area (Å²) in [5.74, 6) is -0.585. The van der Waals surface area contributed by atoms with Gasteiger partial charge in [-0.15, -0.1) is 0 Å². The molecule has 2 aromatic carbocycles. The first kappa shape index (κ1) is 26.7. The molecule has 0 aromatic heterocycles. The Labute approximate surface area is 209 Å². The van der Waals surface area contributed by atoms with E-state index in [1.165, 1.54) is 0 Å². The van der Waals surface area contributed by atoms with Crippen molar-refractivity contribution >= 4 is 27.5 Å². The van der Waals surface area contributed by atoms with Crippen LogP contribution < -0.4 is 9.62 Å². The van der Waals surface area contributed by atoms with Crippen LogP contribution in [0.1, 0.15) is 55.7 Å². The van der Waals surface area contributed by atoms with E-state index in [2.05, 4.69) is 5.32 Å². The number of carbonyl (C=O) groups excluding carboxylic acids is 2. The first-order valence-corrected chi connectivity index (χ1v) is 14.1. The number of sulfonamides is 1. The van der Waals surface area contributed by atoms with Crippen LogP contribution in [0, 0.1) is 13.8 Å². The number of hydrogen-bond acceptors (Lipinski definition) is 4. The van der Waals surface area contributed by atoms with Crippen molar-refractivity contribution in [3.05, 3.63) is 65.2 Å². The maximum absolute atomic E-state index is 13.8. The summed E-state index contributed by atoms with van der Waals surface area (Å²) in [6.07, 6.45) is 5.61. The number of anilines is 1. The second kappa shape index (κ2) is 11.7. The van der Waals surface area contributed by atoms with E-state index in [0.29, 0.717) is 12.1 Å². The van der Waals surface area contributed by atoms with Crippen LogP contribution in [0.4, 0.5) is 5.69 Å². The largest absolute Gasteiger partial charge is 0.352 e. The number of amides is 2. The van der Waals surface area contributed by atoms with Gasteiger partial charge in [-0.2, -0.15) is 0 Å². The van der Waals surface area contributed by atoms with E-state index in [1.807, 2.05) is 57.2 Å².